The van der Waals surface area contributed by atoms with Gasteiger partial charge in [-0.25, -0.2) is 4.98 Å². The third kappa shape index (κ3) is 3.20. The van der Waals surface area contributed by atoms with Crippen molar-refractivity contribution in [3.8, 4) is 0 Å². The van der Waals surface area contributed by atoms with E-state index in [0.717, 1.165) is 50.5 Å². The summed E-state index contributed by atoms with van der Waals surface area (Å²) in [6.45, 7) is 5.19. The van der Waals surface area contributed by atoms with E-state index < -0.39 is 0 Å². The number of nitrogens with one attached hydrogen (secondary N) is 2. The summed E-state index contributed by atoms with van der Waals surface area (Å²) < 4.78 is 0. The van der Waals surface area contributed by atoms with Crippen LogP contribution in [0.25, 0.3) is 0 Å². The van der Waals surface area contributed by atoms with Crippen LogP contribution in [0.4, 0.5) is 5.82 Å². The second kappa shape index (κ2) is 5.95. The minimum Gasteiger partial charge on any atom is -0.355 e. The molecule has 20 heavy (non-hydrogen) atoms. The molecular formula is C15H24N4O. The number of hydrogen-bond donors (Lipinski definition) is 2. The van der Waals surface area contributed by atoms with Gasteiger partial charge in [0, 0.05) is 31.1 Å². The second-order valence-corrected chi connectivity index (χ2v) is 6.00. The van der Waals surface area contributed by atoms with Gasteiger partial charge in [-0.05, 0) is 38.6 Å². The van der Waals surface area contributed by atoms with E-state index >= 15 is 0 Å². The summed E-state index contributed by atoms with van der Waals surface area (Å²) in [5.41, 5.74) is -0.0163. The van der Waals surface area contributed by atoms with Gasteiger partial charge in [0.1, 0.15) is 11.6 Å². The second-order valence-electron chi connectivity index (χ2n) is 6.00. The Morgan fingerprint density at radius 3 is 2.90 bits per heavy atom. The maximum atomic E-state index is 11.9. The van der Waals surface area contributed by atoms with Crippen LogP contribution in [0.2, 0.25) is 0 Å². The first-order chi connectivity index (χ1) is 9.76. The molecule has 2 heterocycles. The van der Waals surface area contributed by atoms with Crippen molar-refractivity contribution in [2.24, 2.45) is 0 Å². The molecule has 0 amide bonds. The average molecular weight is 276 g/mol. The van der Waals surface area contributed by atoms with Crippen LogP contribution in [-0.2, 0) is 0 Å². The van der Waals surface area contributed by atoms with Gasteiger partial charge in [-0.1, -0.05) is 6.92 Å². The third-order valence-corrected chi connectivity index (χ3v) is 4.13. The average Bonchev–Trinajstić information content (AvgIpc) is 3.16. The molecule has 5 heteroatoms. The van der Waals surface area contributed by atoms with E-state index in [1.165, 1.54) is 12.8 Å². The Hall–Kier alpha value is -1.36. The molecule has 1 saturated carbocycles. The van der Waals surface area contributed by atoms with Gasteiger partial charge in [-0.2, -0.15) is 0 Å². The molecule has 3 rings (SSSR count). The maximum Gasteiger partial charge on any atom is 0.252 e. The van der Waals surface area contributed by atoms with Crippen molar-refractivity contribution in [1.29, 1.82) is 0 Å². The largest absolute Gasteiger partial charge is 0.355 e. The minimum absolute atomic E-state index is 0.0163. The van der Waals surface area contributed by atoms with Crippen LogP contribution in [0, 0.1) is 0 Å². The fourth-order valence-electron chi connectivity index (χ4n) is 2.92. The number of rotatable bonds is 6. The lowest BCUT2D eigenvalue weighted by Gasteiger charge is -2.26. The number of aromatic nitrogens is 2. The Morgan fingerprint density at radius 2 is 2.25 bits per heavy atom. The van der Waals surface area contributed by atoms with Crippen LogP contribution >= 0.6 is 0 Å². The molecule has 5 nitrogen and oxygen atoms in total. The highest BCUT2D eigenvalue weighted by molar-refractivity contribution is 5.38. The van der Waals surface area contributed by atoms with Crippen molar-refractivity contribution in [1.82, 2.24) is 15.3 Å². The van der Waals surface area contributed by atoms with E-state index in [4.69, 9.17) is 4.98 Å². The number of H-pyrrole nitrogens is 1. The van der Waals surface area contributed by atoms with E-state index in [-0.39, 0.29) is 5.56 Å². The first-order valence-corrected chi connectivity index (χ1v) is 7.86. The van der Waals surface area contributed by atoms with E-state index in [0.29, 0.717) is 12.0 Å². The molecule has 1 saturated heterocycles. The van der Waals surface area contributed by atoms with E-state index in [1.807, 2.05) is 0 Å². The van der Waals surface area contributed by atoms with Crippen LogP contribution in [0.5, 0.6) is 0 Å². The van der Waals surface area contributed by atoms with Crippen LogP contribution in [0.3, 0.4) is 0 Å². The lowest BCUT2D eigenvalue weighted by atomic mass is 10.2. The first-order valence-electron chi connectivity index (χ1n) is 7.86. The Morgan fingerprint density at radius 1 is 1.40 bits per heavy atom. The zero-order valence-electron chi connectivity index (χ0n) is 12.2. The molecule has 0 spiro atoms. The summed E-state index contributed by atoms with van der Waals surface area (Å²) >= 11 is 0. The summed E-state index contributed by atoms with van der Waals surface area (Å²) in [4.78, 5) is 21.7. The van der Waals surface area contributed by atoms with Crippen LogP contribution in [-0.4, -0.2) is 35.6 Å². The lowest BCUT2D eigenvalue weighted by molar-refractivity contribution is 0.574. The molecule has 1 aliphatic heterocycles. The highest BCUT2D eigenvalue weighted by atomic mass is 16.1. The molecule has 0 radical (unpaired) electrons. The molecule has 2 fully saturated rings. The topological polar surface area (TPSA) is 61.0 Å². The van der Waals surface area contributed by atoms with Crippen molar-refractivity contribution in [2.45, 2.75) is 51.0 Å². The molecular weight excluding hydrogens is 252 g/mol. The molecule has 2 N–H and O–H groups in total. The number of aromatic amines is 1. The Balaban J connectivity index is 1.79. The van der Waals surface area contributed by atoms with Crippen molar-refractivity contribution in [3.05, 3.63) is 22.2 Å². The van der Waals surface area contributed by atoms with Gasteiger partial charge >= 0.3 is 0 Å². The molecule has 1 aromatic heterocycles. The summed E-state index contributed by atoms with van der Waals surface area (Å²) in [5.74, 6) is 2.22. The molecule has 110 valence electrons. The predicted octanol–water partition coefficient (Wildman–Crippen LogP) is 1.62. The van der Waals surface area contributed by atoms with Gasteiger partial charge in [-0.3, -0.25) is 4.79 Å². The minimum atomic E-state index is -0.0163. The van der Waals surface area contributed by atoms with Gasteiger partial charge in [0.05, 0.1) is 0 Å². The third-order valence-electron chi connectivity index (χ3n) is 4.13. The lowest BCUT2D eigenvalue weighted by Crippen LogP contribution is -2.39. The Kier molecular flexibility index (Phi) is 4.05. The van der Waals surface area contributed by atoms with E-state index in [1.54, 1.807) is 6.07 Å². The van der Waals surface area contributed by atoms with Crippen LogP contribution in [0.15, 0.2) is 10.9 Å². The van der Waals surface area contributed by atoms with Gasteiger partial charge < -0.3 is 15.2 Å². The Labute approximate surface area is 119 Å². The van der Waals surface area contributed by atoms with Gasteiger partial charge in [0.2, 0.25) is 0 Å². The van der Waals surface area contributed by atoms with Crippen LogP contribution < -0.4 is 15.8 Å². The summed E-state index contributed by atoms with van der Waals surface area (Å²) in [7, 11) is 0. The zero-order chi connectivity index (χ0) is 13.9. The molecule has 0 bridgehead atoms. The van der Waals surface area contributed by atoms with Gasteiger partial charge in [-0.15, -0.1) is 0 Å². The molecule has 1 atom stereocenters. The number of anilines is 1. The highest BCUT2D eigenvalue weighted by Crippen LogP contribution is 2.37. The van der Waals surface area contributed by atoms with Crippen molar-refractivity contribution >= 4 is 5.82 Å². The summed E-state index contributed by atoms with van der Waals surface area (Å²) in [5, 5.41) is 3.52. The predicted molar refractivity (Wildman–Crippen MR) is 80.4 cm³/mol. The molecule has 1 aliphatic carbocycles. The zero-order valence-corrected chi connectivity index (χ0v) is 12.2. The van der Waals surface area contributed by atoms with Gasteiger partial charge in [0.25, 0.3) is 5.56 Å². The number of nitrogens with zero attached hydrogens (tertiary/aromatic N) is 2. The Bertz CT molecular complexity index is 503. The van der Waals surface area contributed by atoms with E-state index in [9.17, 15) is 4.79 Å². The first kappa shape index (κ1) is 13.6. The van der Waals surface area contributed by atoms with Crippen LogP contribution in [0.1, 0.15) is 50.8 Å². The molecule has 1 unspecified atom stereocenters. The van der Waals surface area contributed by atoms with Crippen molar-refractivity contribution in [2.75, 3.05) is 24.5 Å². The molecule has 1 aromatic rings. The quantitative estimate of drug-likeness (QED) is 0.829. The highest BCUT2D eigenvalue weighted by Gasteiger charge is 2.27. The fraction of sp³-hybridized carbons (Fsp3) is 0.733. The normalized spacial score (nSPS) is 22.1. The number of hydrogen-bond acceptors (Lipinski definition) is 4. The smallest absolute Gasteiger partial charge is 0.252 e. The van der Waals surface area contributed by atoms with E-state index in [2.05, 4.69) is 22.1 Å². The summed E-state index contributed by atoms with van der Waals surface area (Å²) in [6.07, 6.45) is 5.86. The molecule has 0 aromatic carbocycles. The molecule has 2 aliphatic rings. The maximum absolute atomic E-state index is 11.9. The SMILES string of the molecule is CCCN(CC1CCCN1)c1cc(=O)[nH]c(C2CC2)n1. The standard InChI is InChI=1S/C15H24N4O/c1-2-8-19(10-12-4-3-7-16-12)13-9-14(20)18-15(17-13)11-5-6-11/h9,11-12,16H,2-8,10H2,1H3,(H,17,18,20). The van der Waals surface area contributed by atoms with Crippen molar-refractivity contribution < 1.29 is 0 Å². The monoisotopic (exact) mass is 276 g/mol. The van der Waals surface area contributed by atoms with Gasteiger partial charge in [0.15, 0.2) is 0 Å². The van der Waals surface area contributed by atoms with Crippen molar-refractivity contribution in [3.63, 3.8) is 0 Å². The summed E-state index contributed by atoms with van der Waals surface area (Å²) in [6, 6.07) is 2.18. The fourth-order valence-corrected chi connectivity index (χ4v) is 2.92.